The van der Waals surface area contributed by atoms with E-state index in [9.17, 15) is 18.0 Å². The van der Waals surface area contributed by atoms with Crippen molar-refractivity contribution in [2.24, 2.45) is 0 Å². The summed E-state index contributed by atoms with van der Waals surface area (Å²) in [5.41, 5.74) is 1.64. The second-order valence-corrected chi connectivity index (χ2v) is 9.33. The molecule has 1 aromatic heterocycles. The van der Waals surface area contributed by atoms with Crippen LogP contribution < -0.4 is 9.46 Å². The fourth-order valence-electron chi connectivity index (χ4n) is 3.26. The maximum atomic E-state index is 13.5. The Labute approximate surface area is 186 Å². The van der Waals surface area contributed by atoms with Gasteiger partial charge in [0, 0.05) is 22.6 Å². The van der Waals surface area contributed by atoms with Crippen molar-refractivity contribution in [3.63, 3.8) is 0 Å². The van der Waals surface area contributed by atoms with Crippen LogP contribution in [0.5, 0.6) is 5.75 Å². The van der Waals surface area contributed by atoms with Gasteiger partial charge in [-0.25, -0.2) is 8.42 Å². The fraction of sp³-hybridized carbons (Fsp3) is 0.304. The standard InChI is InChI=1S/C23H25NO7S/c1-4-14(2)23-21(18-13-16(24-32(3,28)29)7-10-19(18)31-23)22(27)15-5-8-17(9-6-15)30-12-11-20(25)26/h5-10,13-14,24H,4,11-12H2,1-3H3,(H,25,26). The fourth-order valence-corrected chi connectivity index (χ4v) is 3.82. The molecule has 0 saturated heterocycles. The summed E-state index contributed by atoms with van der Waals surface area (Å²) in [6.07, 6.45) is 1.69. The van der Waals surface area contributed by atoms with Crippen molar-refractivity contribution in [3.05, 3.63) is 59.4 Å². The van der Waals surface area contributed by atoms with Crippen LogP contribution in [0.2, 0.25) is 0 Å². The summed E-state index contributed by atoms with van der Waals surface area (Å²) in [7, 11) is -3.48. The molecule has 0 spiro atoms. The molecule has 0 amide bonds. The number of hydrogen-bond donors (Lipinski definition) is 2. The Hall–Kier alpha value is -3.33. The van der Waals surface area contributed by atoms with Crippen LogP contribution in [0.4, 0.5) is 5.69 Å². The maximum Gasteiger partial charge on any atom is 0.306 e. The Kier molecular flexibility index (Phi) is 6.88. The van der Waals surface area contributed by atoms with Gasteiger partial charge in [-0.1, -0.05) is 13.8 Å². The highest BCUT2D eigenvalue weighted by atomic mass is 32.2. The van der Waals surface area contributed by atoms with Crippen molar-refractivity contribution in [2.45, 2.75) is 32.6 Å². The third-order valence-electron chi connectivity index (χ3n) is 5.01. The molecule has 1 unspecified atom stereocenters. The molecule has 0 saturated carbocycles. The predicted octanol–water partition coefficient (Wildman–Crippen LogP) is 4.40. The van der Waals surface area contributed by atoms with Crippen LogP contribution in [-0.2, 0) is 14.8 Å². The summed E-state index contributed by atoms with van der Waals surface area (Å²) < 4.78 is 37.1. The van der Waals surface area contributed by atoms with Gasteiger partial charge < -0.3 is 14.3 Å². The molecule has 8 nitrogen and oxygen atoms in total. The quantitative estimate of drug-likeness (QED) is 0.431. The number of benzene rings is 2. The van der Waals surface area contributed by atoms with Crippen LogP contribution in [0.25, 0.3) is 11.0 Å². The van der Waals surface area contributed by atoms with Crippen LogP contribution in [0, 0.1) is 0 Å². The normalized spacial score (nSPS) is 12.5. The largest absolute Gasteiger partial charge is 0.493 e. The van der Waals surface area contributed by atoms with E-state index in [1.165, 1.54) is 0 Å². The van der Waals surface area contributed by atoms with Crippen molar-refractivity contribution in [1.29, 1.82) is 0 Å². The monoisotopic (exact) mass is 459 g/mol. The van der Waals surface area contributed by atoms with Gasteiger partial charge in [-0.2, -0.15) is 0 Å². The molecule has 1 heterocycles. The number of carboxylic acids is 1. The average Bonchev–Trinajstić information content (AvgIpc) is 3.10. The van der Waals surface area contributed by atoms with Gasteiger partial charge in [0.25, 0.3) is 0 Å². The minimum absolute atomic E-state index is 0.0220. The highest BCUT2D eigenvalue weighted by Crippen LogP contribution is 2.35. The number of anilines is 1. The number of furan rings is 1. The average molecular weight is 460 g/mol. The number of nitrogens with one attached hydrogen (secondary N) is 1. The van der Waals surface area contributed by atoms with Crippen LogP contribution in [-0.4, -0.2) is 38.1 Å². The Morgan fingerprint density at radius 2 is 1.84 bits per heavy atom. The molecule has 1 atom stereocenters. The third-order valence-corrected chi connectivity index (χ3v) is 5.61. The molecule has 0 aliphatic heterocycles. The molecule has 2 aromatic carbocycles. The van der Waals surface area contributed by atoms with E-state index in [0.717, 1.165) is 12.7 Å². The minimum atomic E-state index is -3.48. The summed E-state index contributed by atoms with van der Waals surface area (Å²) in [6.45, 7) is 3.98. The van der Waals surface area contributed by atoms with E-state index < -0.39 is 16.0 Å². The van der Waals surface area contributed by atoms with Crippen molar-refractivity contribution in [1.82, 2.24) is 0 Å². The molecule has 0 aliphatic carbocycles. The number of fused-ring (bicyclic) bond motifs is 1. The van der Waals surface area contributed by atoms with E-state index >= 15 is 0 Å². The molecule has 3 aromatic rings. The first kappa shape index (κ1) is 23.3. The van der Waals surface area contributed by atoms with Crippen LogP contribution in [0.15, 0.2) is 46.9 Å². The van der Waals surface area contributed by atoms with Gasteiger partial charge in [-0.05, 0) is 48.9 Å². The van der Waals surface area contributed by atoms with Crippen molar-refractivity contribution >= 4 is 38.4 Å². The van der Waals surface area contributed by atoms with Gasteiger partial charge in [-0.15, -0.1) is 0 Å². The number of carbonyl (C=O) groups is 2. The van der Waals surface area contributed by atoms with Crippen LogP contribution in [0.3, 0.4) is 0 Å². The minimum Gasteiger partial charge on any atom is -0.493 e. The number of hydrogen-bond acceptors (Lipinski definition) is 6. The topological polar surface area (TPSA) is 123 Å². The first-order valence-electron chi connectivity index (χ1n) is 10.1. The third kappa shape index (κ3) is 5.47. The highest BCUT2D eigenvalue weighted by molar-refractivity contribution is 7.92. The Morgan fingerprint density at radius 1 is 1.16 bits per heavy atom. The zero-order chi connectivity index (χ0) is 23.5. The molecule has 3 rings (SSSR count). The molecule has 0 aliphatic rings. The summed E-state index contributed by atoms with van der Waals surface area (Å²) in [5.74, 6) is -0.225. The first-order chi connectivity index (χ1) is 15.1. The second kappa shape index (κ2) is 9.44. The number of aliphatic carboxylic acids is 1. The molecule has 0 fully saturated rings. The van der Waals surface area contributed by atoms with E-state index in [1.54, 1.807) is 42.5 Å². The number of ether oxygens (including phenoxy) is 1. The van der Waals surface area contributed by atoms with Crippen LogP contribution >= 0.6 is 0 Å². The second-order valence-electron chi connectivity index (χ2n) is 7.58. The highest BCUT2D eigenvalue weighted by Gasteiger charge is 2.25. The SMILES string of the molecule is CCC(C)c1oc2ccc(NS(C)(=O)=O)cc2c1C(=O)c1ccc(OCCC(=O)O)cc1. The molecule has 0 bridgehead atoms. The number of carbonyl (C=O) groups excluding carboxylic acids is 1. The van der Waals surface area contributed by atoms with Gasteiger partial charge in [-0.3, -0.25) is 14.3 Å². The number of rotatable bonds is 10. The lowest BCUT2D eigenvalue weighted by atomic mass is 9.94. The van der Waals surface area contributed by atoms with Crippen LogP contribution in [0.1, 0.15) is 54.3 Å². The zero-order valence-corrected chi connectivity index (χ0v) is 18.9. The van der Waals surface area contributed by atoms with E-state index in [1.807, 2.05) is 13.8 Å². The molecular formula is C23H25NO7S. The number of carboxylic acid groups (broad SMARTS) is 1. The predicted molar refractivity (Wildman–Crippen MR) is 121 cm³/mol. The van der Waals surface area contributed by atoms with Crippen molar-refractivity contribution in [2.75, 3.05) is 17.6 Å². The summed E-state index contributed by atoms with van der Waals surface area (Å²) in [6, 6.07) is 11.3. The maximum absolute atomic E-state index is 13.5. The van der Waals surface area contributed by atoms with E-state index in [4.69, 9.17) is 14.3 Å². The summed E-state index contributed by atoms with van der Waals surface area (Å²) in [5, 5.41) is 9.23. The van der Waals surface area contributed by atoms with E-state index in [0.29, 0.717) is 39.3 Å². The number of ketones is 1. The van der Waals surface area contributed by atoms with E-state index in [2.05, 4.69) is 4.72 Å². The molecular weight excluding hydrogens is 434 g/mol. The molecule has 32 heavy (non-hydrogen) atoms. The number of sulfonamides is 1. The lowest BCUT2D eigenvalue weighted by Gasteiger charge is -2.09. The van der Waals surface area contributed by atoms with Gasteiger partial charge in [0.2, 0.25) is 10.0 Å². The van der Waals surface area contributed by atoms with E-state index in [-0.39, 0.29) is 24.7 Å². The molecule has 9 heteroatoms. The Balaban J connectivity index is 2.00. The van der Waals surface area contributed by atoms with Crippen molar-refractivity contribution in [3.8, 4) is 5.75 Å². The zero-order valence-electron chi connectivity index (χ0n) is 18.0. The molecule has 2 N–H and O–H groups in total. The Morgan fingerprint density at radius 3 is 2.44 bits per heavy atom. The first-order valence-corrected chi connectivity index (χ1v) is 12.0. The Bertz CT molecular complexity index is 1240. The lowest BCUT2D eigenvalue weighted by Crippen LogP contribution is -2.09. The summed E-state index contributed by atoms with van der Waals surface area (Å²) in [4.78, 5) is 24.1. The van der Waals surface area contributed by atoms with Gasteiger partial charge >= 0.3 is 5.97 Å². The summed E-state index contributed by atoms with van der Waals surface area (Å²) >= 11 is 0. The van der Waals surface area contributed by atoms with Gasteiger partial charge in [0.15, 0.2) is 5.78 Å². The van der Waals surface area contributed by atoms with Gasteiger partial charge in [0.05, 0.1) is 24.8 Å². The molecule has 170 valence electrons. The smallest absolute Gasteiger partial charge is 0.306 e. The van der Waals surface area contributed by atoms with Gasteiger partial charge in [0.1, 0.15) is 17.1 Å². The van der Waals surface area contributed by atoms with Crippen molar-refractivity contribution < 1.29 is 32.3 Å². The molecule has 0 radical (unpaired) electrons. The lowest BCUT2D eigenvalue weighted by molar-refractivity contribution is -0.137.